The van der Waals surface area contributed by atoms with Gasteiger partial charge in [0.25, 0.3) is 0 Å². The van der Waals surface area contributed by atoms with Gasteiger partial charge in [-0.2, -0.15) is 0 Å². The highest BCUT2D eigenvalue weighted by Gasteiger charge is 2.42. The first-order valence-corrected chi connectivity index (χ1v) is 11.4. The van der Waals surface area contributed by atoms with Crippen molar-refractivity contribution in [3.05, 3.63) is 34.9 Å². The molecule has 4 heteroatoms. The molecule has 29 heavy (non-hydrogen) atoms. The summed E-state index contributed by atoms with van der Waals surface area (Å²) in [6.45, 7) is 5.62. The van der Waals surface area contributed by atoms with E-state index in [0.29, 0.717) is 11.1 Å². The van der Waals surface area contributed by atoms with E-state index in [1.165, 1.54) is 51.4 Å². The van der Waals surface area contributed by atoms with Gasteiger partial charge < -0.3 is 4.74 Å². The second kappa shape index (κ2) is 11.9. The SMILES string of the molecule is CCCCCCCCCCCCc1cccc2c1C(=O)C(OC(=O)C(C)C)C2=O. The van der Waals surface area contributed by atoms with E-state index in [9.17, 15) is 14.4 Å². The number of esters is 1. The molecule has 0 spiro atoms. The molecule has 1 unspecified atom stereocenters. The van der Waals surface area contributed by atoms with Crippen molar-refractivity contribution in [3.8, 4) is 0 Å². The first-order valence-electron chi connectivity index (χ1n) is 11.4. The molecule has 0 fully saturated rings. The van der Waals surface area contributed by atoms with Crippen molar-refractivity contribution in [1.82, 2.24) is 0 Å². The van der Waals surface area contributed by atoms with E-state index in [0.717, 1.165) is 24.8 Å². The standard InChI is InChI=1S/C25H36O4/c1-4-5-6-7-8-9-10-11-12-13-15-19-16-14-17-20-21(19)23(27)24(22(20)26)29-25(28)18(2)3/h14,16-18,24H,4-13,15H2,1-3H3. The van der Waals surface area contributed by atoms with Gasteiger partial charge in [0.15, 0.2) is 0 Å². The molecule has 1 aliphatic carbocycles. The number of carbonyl (C=O) groups excluding carboxylic acids is 3. The molecule has 1 aromatic rings. The van der Waals surface area contributed by atoms with E-state index in [1.807, 2.05) is 12.1 Å². The fourth-order valence-corrected chi connectivity index (χ4v) is 3.86. The number of ether oxygens (including phenoxy) is 1. The van der Waals surface area contributed by atoms with Crippen LogP contribution in [0.5, 0.6) is 0 Å². The molecule has 0 N–H and O–H groups in total. The molecular formula is C25H36O4. The van der Waals surface area contributed by atoms with Crippen molar-refractivity contribution >= 4 is 17.5 Å². The lowest BCUT2D eigenvalue weighted by Crippen LogP contribution is -2.30. The Morgan fingerprint density at radius 1 is 0.897 bits per heavy atom. The molecule has 1 aromatic carbocycles. The van der Waals surface area contributed by atoms with E-state index in [4.69, 9.17) is 4.74 Å². The highest BCUT2D eigenvalue weighted by molar-refractivity contribution is 6.29. The van der Waals surface area contributed by atoms with Crippen LogP contribution in [0, 0.1) is 5.92 Å². The smallest absolute Gasteiger partial charge is 0.309 e. The lowest BCUT2D eigenvalue weighted by atomic mass is 9.97. The van der Waals surface area contributed by atoms with Crippen molar-refractivity contribution < 1.29 is 19.1 Å². The first kappa shape index (κ1) is 23.3. The van der Waals surface area contributed by atoms with Crippen LogP contribution in [-0.2, 0) is 16.0 Å². The van der Waals surface area contributed by atoms with Crippen LogP contribution in [0.2, 0.25) is 0 Å². The molecule has 160 valence electrons. The number of hydrogen-bond donors (Lipinski definition) is 0. The van der Waals surface area contributed by atoms with E-state index >= 15 is 0 Å². The molecule has 0 radical (unpaired) electrons. The third-order valence-electron chi connectivity index (χ3n) is 5.64. The van der Waals surface area contributed by atoms with Crippen LogP contribution < -0.4 is 0 Å². The molecule has 2 rings (SSSR count). The molecule has 0 saturated heterocycles. The molecular weight excluding hydrogens is 364 g/mol. The summed E-state index contributed by atoms with van der Waals surface area (Å²) in [6.07, 6.45) is 12.1. The predicted molar refractivity (Wildman–Crippen MR) is 115 cm³/mol. The minimum Gasteiger partial charge on any atom is -0.445 e. The lowest BCUT2D eigenvalue weighted by molar-refractivity contribution is -0.148. The van der Waals surface area contributed by atoms with E-state index < -0.39 is 12.1 Å². The van der Waals surface area contributed by atoms with Gasteiger partial charge in [-0.05, 0) is 18.4 Å². The summed E-state index contributed by atoms with van der Waals surface area (Å²) in [5.41, 5.74) is 1.78. The third kappa shape index (κ3) is 6.52. The zero-order chi connectivity index (χ0) is 21.2. The van der Waals surface area contributed by atoms with Gasteiger partial charge in [0.1, 0.15) is 0 Å². The quantitative estimate of drug-likeness (QED) is 0.228. The Morgan fingerprint density at radius 3 is 2.07 bits per heavy atom. The topological polar surface area (TPSA) is 60.4 Å². The van der Waals surface area contributed by atoms with E-state index in [1.54, 1.807) is 19.9 Å². The van der Waals surface area contributed by atoms with Gasteiger partial charge in [-0.15, -0.1) is 0 Å². The Labute approximate surface area is 175 Å². The molecule has 0 bridgehead atoms. The number of ketones is 2. The van der Waals surface area contributed by atoms with Crippen LogP contribution in [0.1, 0.15) is 111 Å². The third-order valence-corrected chi connectivity index (χ3v) is 5.64. The largest absolute Gasteiger partial charge is 0.445 e. The predicted octanol–water partition coefficient (Wildman–Crippen LogP) is 6.10. The molecule has 0 aromatic heterocycles. The van der Waals surface area contributed by atoms with Crippen LogP contribution >= 0.6 is 0 Å². The van der Waals surface area contributed by atoms with Crippen LogP contribution in [0.4, 0.5) is 0 Å². The molecule has 0 aliphatic heterocycles. The van der Waals surface area contributed by atoms with Crippen molar-refractivity contribution in [1.29, 1.82) is 0 Å². The van der Waals surface area contributed by atoms with Crippen LogP contribution in [0.25, 0.3) is 0 Å². The van der Waals surface area contributed by atoms with Gasteiger partial charge >= 0.3 is 5.97 Å². The zero-order valence-electron chi connectivity index (χ0n) is 18.3. The first-order chi connectivity index (χ1) is 14.0. The lowest BCUT2D eigenvalue weighted by Gasteiger charge is -2.11. The number of Topliss-reactive ketones (excluding diaryl/α,β-unsaturated/α-hetero) is 2. The Hall–Kier alpha value is -1.97. The number of aryl methyl sites for hydroxylation is 1. The Balaban J connectivity index is 1.81. The fourth-order valence-electron chi connectivity index (χ4n) is 3.86. The fraction of sp³-hybridized carbons (Fsp3) is 0.640. The molecule has 1 aliphatic rings. The molecule has 0 saturated carbocycles. The van der Waals surface area contributed by atoms with Crippen molar-refractivity contribution in [2.75, 3.05) is 0 Å². The summed E-state index contributed by atoms with van der Waals surface area (Å²) in [5.74, 6) is -1.63. The van der Waals surface area contributed by atoms with E-state index in [2.05, 4.69) is 6.92 Å². The second-order valence-corrected chi connectivity index (χ2v) is 8.47. The minimum atomic E-state index is -1.30. The maximum Gasteiger partial charge on any atom is 0.309 e. The molecule has 4 nitrogen and oxygen atoms in total. The van der Waals surface area contributed by atoms with Gasteiger partial charge in [-0.25, -0.2) is 0 Å². The Morgan fingerprint density at radius 2 is 1.48 bits per heavy atom. The van der Waals surface area contributed by atoms with Gasteiger partial charge in [0, 0.05) is 11.1 Å². The summed E-state index contributed by atoms with van der Waals surface area (Å²) in [6, 6.07) is 5.41. The van der Waals surface area contributed by atoms with Crippen molar-refractivity contribution in [2.24, 2.45) is 5.92 Å². The summed E-state index contributed by atoms with van der Waals surface area (Å²) >= 11 is 0. The van der Waals surface area contributed by atoms with Gasteiger partial charge in [0.2, 0.25) is 17.7 Å². The number of hydrogen-bond acceptors (Lipinski definition) is 4. The van der Waals surface area contributed by atoms with Crippen LogP contribution in [0.3, 0.4) is 0 Å². The number of carbonyl (C=O) groups is 3. The van der Waals surface area contributed by atoms with Crippen molar-refractivity contribution in [2.45, 2.75) is 97.5 Å². The maximum atomic E-state index is 12.8. The highest BCUT2D eigenvalue weighted by Crippen LogP contribution is 2.29. The minimum absolute atomic E-state index is 0.360. The number of rotatable bonds is 13. The highest BCUT2D eigenvalue weighted by atomic mass is 16.6. The maximum absolute atomic E-state index is 12.8. The normalized spacial score (nSPS) is 15.8. The number of unbranched alkanes of at least 4 members (excludes halogenated alkanes) is 9. The van der Waals surface area contributed by atoms with Gasteiger partial charge in [-0.3, -0.25) is 14.4 Å². The summed E-state index contributed by atoms with van der Waals surface area (Å²) in [7, 11) is 0. The number of benzene rings is 1. The van der Waals surface area contributed by atoms with Crippen LogP contribution in [0.15, 0.2) is 18.2 Å². The van der Waals surface area contributed by atoms with Gasteiger partial charge in [-0.1, -0.05) is 96.8 Å². The second-order valence-electron chi connectivity index (χ2n) is 8.47. The van der Waals surface area contributed by atoms with E-state index in [-0.39, 0.29) is 17.5 Å². The van der Waals surface area contributed by atoms with Crippen molar-refractivity contribution in [3.63, 3.8) is 0 Å². The molecule has 1 atom stereocenters. The Bertz CT molecular complexity index is 705. The monoisotopic (exact) mass is 400 g/mol. The summed E-state index contributed by atoms with van der Waals surface area (Å²) in [4.78, 5) is 37.2. The molecule has 0 amide bonds. The summed E-state index contributed by atoms with van der Waals surface area (Å²) < 4.78 is 5.20. The Kier molecular flexibility index (Phi) is 9.56. The number of fused-ring (bicyclic) bond motifs is 1. The molecule has 0 heterocycles. The average molecular weight is 401 g/mol. The average Bonchev–Trinajstić information content (AvgIpc) is 2.94. The summed E-state index contributed by atoms with van der Waals surface area (Å²) in [5, 5.41) is 0. The zero-order valence-corrected chi connectivity index (χ0v) is 18.3. The van der Waals surface area contributed by atoms with Gasteiger partial charge in [0.05, 0.1) is 5.92 Å². The van der Waals surface area contributed by atoms with Crippen LogP contribution in [-0.4, -0.2) is 23.6 Å².